The molecular formula is C22H18F5N5OS. The number of rotatable bonds is 2. The molecular weight excluding hydrogens is 477 g/mol. The third-order valence-corrected chi connectivity index (χ3v) is 6.80. The molecule has 2 aromatic carbocycles. The molecule has 0 amide bonds. The van der Waals surface area contributed by atoms with E-state index < -0.39 is 57.2 Å². The van der Waals surface area contributed by atoms with Crippen LogP contribution in [0.4, 0.5) is 27.6 Å². The maximum absolute atomic E-state index is 15.6. The Bertz CT molecular complexity index is 1470. The fraction of sp³-hybridized carbons (Fsp3) is 0.273. The Hall–Kier alpha value is -3.12. The summed E-state index contributed by atoms with van der Waals surface area (Å²) in [6.45, 7) is 4.62. The zero-order valence-corrected chi connectivity index (χ0v) is 19.2. The summed E-state index contributed by atoms with van der Waals surface area (Å²) in [7, 11) is 0. The Labute approximate surface area is 193 Å². The third-order valence-electron chi connectivity index (χ3n) is 5.93. The first-order valence-corrected chi connectivity index (χ1v) is 11.6. The Kier molecular flexibility index (Phi) is 4.79. The number of fused-ring (bicyclic) bond motifs is 4. The normalized spacial score (nSPS) is 15.7. The van der Waals surface area contributed by atoms with Crippen molar-refractivity contribution in [3.05, 3.63) is 59.3 Å². The van der Waals surface area contributed by atoms with Crippen LogP contribution in [0.5, 0.6) is 0 Å². The Morgan fingerprint density at radius 3 is 2.44 bits per heavy atom. The SMILES string of the molecule is Cc1nnc2n1-c1c(c(F)c(F)c(-c3cccc4c3ccn4[S+](C)[O-])c1C(F)(F)F)NC2(C)C. The number of aryl methyl sites for hydroxylation is 1. The molecule has 5 rings (SSSR count). The van der Waals surface area contributed by atoms with Crippen molar-refractivity contribution in [3.8, 4) is 16.8 Å². The second-order valence-corrected chi connectivity index (χ2v) is 9.80. The average molecular weight is 495 g/mol. The van der Waals surface area contributed by atoms with Crippen LogP contribution < -0.4 is 5.32 Å². The summed E-state index contributed by atoms with van der Waals surface area (Å²) < 4.78 is 89.6. The maximum Gasteiger partial charge on any atom is 0.419 e. The molecule has 1 aliphatic heterocycles. The van der Waals surface area contributed by atoms with Crippen molar-refractivity contribution in [3.63, 3.8) is 0 Å². The van der Waals surface area contributed by atoms with Gasteiger partial charge in [0.15, 0.2) is 17.5 Å². The summed E-state index contributed by atoms with van der Waals surface area (Å²) in [5, 5.41) is 10.8. The average Bonchev–Trinajstić information content (AvgIpc) is 3.35. The van der Waals surface area contributed by atoms with Crippen LogP contribution in [-0.2, 0) is 23.1 Å². The van der Waals surface area contributed by atoms with Gasteiger partial charge in [-0.3, -0.25) is 4.57 Å². The molecule has 178 valence electrons. The van der Waals surface area contributed by atoms with E-state index >= 15 is 8.78 Å². The zero-order valence-electron chi connectivity index (χ0n) is 18.4. The second kappa shape index (κ2) is 7.19. The number of alkyl halides is 3. The molecule has 0 spiro atoms. The van der Waals surface area contributed by atoms with Crippen molar-refractivity contribution >= 4 is 28.0 Å². The van der Waals surface area contributed by atoms with Crippen molar-refractivity contribution in [1.82, 2.24) is 18.7 Å². The van der Waals surface area contributed by atoms with E-state index in [1.54, 1.807) is 19.9 Å². The molecule has 1 aliphatic rings. The van der Waals surface area contributed by atoms with Gasteiger partial charge in [-0.05, 0) is 38.5 Å². The lowest BCUT2D eigenvalue weighted by Crippen LogP contribution is -2.38. The Balaban J connectivity index is 1.97. The van der Waals surface area contributed by atoms with E-state index in [0.29, 0.717) is 5.52 Å². The van der Waals surface area contributed by atoms with Crippen LogP contribution in [0.3, 0.4) is 0 Å². The summed E-state index contributed by atoms with van der Waals surface area (Å²) in [5.41, 5.74) is -4.48. The zero-order chi connectivity index (χ0) is 24.7. The van der Waals surface area contributed by atoms with Crippen LogP contribution in [-0.4, -0.2) is 29.5 Å². The molecule has 3 heterocycles. The third kappa shape index (κ3) is 3.04. The lowest BCUT2D eigenvalue weighted by molar-refractivity contribution is -0.137. The molecule has 0 radical (unpaired) electrons. The fourth-order valence-electron chi connectivity index (χ4n) is 4.53. The largest absolute Gasteiger partial charge is 0.593 e. The molecule has 1 N–H and O–H groups in total. The molecule has 0 bridgehead atoms. The van der Waals surface area contributed by atoms with Crippen molar-refractivity contribution in [2.75, 3.05) is 11.6 Å². The minimum Gasteiger partial charge on any atom is -0.593 e. The molecule has 0 saturated heterocycles. The van der Waals surface area contributed by atoms with E-state index in [1.165, 1.54) is 41.5 Å². The lowest BCUT2D eigenvalue weighted by atomic mass is 9.90. The molecule has 0 fully saturated rings. The summed E-state index contributed by atoms with van der Waals surface area (Å²) in [4.78, 5) is 0. The second-order valence-electron chi connectivity index (χ2n) is 8.56. The maximum atomic E-state index is 15.6. The van der Waals surface area contributed by atoms with Gasteiger partial charge in [0.2, 0.25) is 0 Å². The number of nitrogens with zero attached hydrogens (tertiary/aromatic N) is 4. The van der Waals surface area contributed by atoms with E-state index in [9.17, 15) is 17.7 Å². The van der Waals surface area contributed by atoms with Gasteiger partial charge in [-0.25, -0.2) is 8.78 Å². The van der Waals surface area contributed by atoms with Crippen LogP contribution in [0, 0.1) is 18.6 Å². The molecule has 1 atom stereocenters. The minimum atomic E-state index is -5.07. The van der Waals surface area contributed by atoms with Crippen molar-refractivity contribution in [2.24, 2.45) is 0 Å². The first-order chi connectivity index (χ1) is 15.8. The smallest absolute Gasteiger partial charge is 0.419 e. The van der Waals surface area contributed by atoms with Gasteiger partial charge in [-0.2, -0.15) is 17.1 Å². The van der Waals surface area contributed by atoms with Gasteiger partial charge in [0.05, 0.1) is 45.6 Å². The summed E-state index contributed by atoms with van der Waals surface area (Å²) in [5.74, 6) is -2.86. The molecule has 6 nitrogen and oxygen atoms in total. The first-order valence-electron chi connectivity index (χ1n) is 10.1. The van der Waals surface area contributed by atoms with E-state index in [1.807, 2.05) is 0 Å². The standard InChI is InChI=1S/C22H18F5N5OS/c1-10-29-30-20-21(2,3)28-18-17(24)16(23)14(15(22(25,26)27)19(18)32(10)20)12-6-5-7-13-11(12)8-9-31(13)34(4)33/h5-9,28H,1-4H3. The predicted molar refractivity (Wildman–Crippen MR) is 118 cm³/mol. The van der Waals surface area contributed by atoms with Crippen molar-refractivity contribution in [1.29, 1.82) is 0 Å². The van der Waals surface area contributed by atoms with Gasteiger partial charge < -0.3 is 9.87 Å². The predicted octanol–water partition coefficient (Wildman–Crippen LogP) is 5.30. The summed E-state index contributed by atoms with van der Waals surface area (Å²) in [6.07, 6.45) is -2.24. The quantitative estimate of drug-likeness (QED) is 0.303. The summed E-state index contributed by atoms with van der Waals surface area (Å²) in [6, 6.07) is 5.67. The van der Waals surface area contributed by atoms with Gasteiger partial charge in [0, 0.05) is 10.9 Å². The van der Waals surface area contributed by atoms with E-state index in [4.69, 9.17) is 0 Å². The molecule has 1 unspecified atom stereocenters. The van der Waals surface area contributed by atoms with E-state index in [-0.39, 0.29) is 22.6 Å². The van der Waals surface area contributed by atoms with E-state index in [0.717, 1.165) is 4.57 Å². The molecule has 2 aromatic heterocycles. The van der Waals surface area contributed by atoms with Gasteiger partial charge >= 0.3 is 6.18 Å². The van der Waals surface area contributed by atoms with Crippen LogP contribution in [0.25, 0.3) is 27.7 Å². The number of nitrogens with one attached hydrogen (secondary N) is 1. The van der Waals surface area contributed by atoms with E-state index in [2.05, 4.69) is 15.5 Å². The lowest BCUT2D eigenvalue weighted by Gasteiger charge is -2.36. The monoisotopic (exact) mass is 495 g/mol. The molecule has 34 heavy (non-hydrogen) atoms. The van der Waals surface area contributed by atoms with Crippen LogP contribution in [0.15, 0.2) is 30.5 Å². The first kappa shape index (κ1) is 22.7. The Morgan fingerprint density at radius 2 is 1.79 bits per heavy atom. The molecule has 0 saturated carbocycles. The van der Waals surface area contributed by atoms with Gasteiger partial charge in [0.25, 0.3) is 0 Å². The van der Waals surface area contributed by atoms with Gasteiger partial charge in [-0.1, -0.05) is 12.1 Å². The fourth-order valence-corrected chi connectivity index (χ4v) is 5.20. The highest BCUT2D eigenvalue weighted by Gasteiger charge is 2.47. The highest BCUT2D eigenvalue weighted by Crippen LogP contribution is 2.51. The van der Waals surface area contributed by atoms with Crippen molar-refractivity contribution < 1.29 is 26.5 Å². The minimum absolute atomic E-state index is 0.0963. The molecule has 0 aliphatic carbocycles. The van der Waals surface area contributed by atoms with Crippen LogP contribution in [0.2, 0.25) is 0 Å². The van der Waals surface area contributed by atoms with Crippen molar-refractivity contribution in [2.45, 2.75) is 32.5 Å². The Morgan fingerprint density at radius 1 is 1.09 bits per heavy atom. The van der Waals surface area contributed by atoms with Crippen LogP contribution >= 0.6 is 0 Å². The summed E-state index contributed by atoms with van der Waals surface area (Å²) >= 11 is -1.51. The number of benzene rings is 2. The van der Waals surface area contributed by atoms with Gasteiger partial charge in [0.1, 0.15) is 12.1 Å². The topological polar surface area (TPSA) is 70.7 Å². The number of anilines is 1. The number of halogens is 5. The molecule has 12 heteroatoms. The highest BCUT2D eigenvalue weighted by molar-refractivity contribution is 7.89. The number of hydrogen-bond donors (Lipinski definition) is 1. The van der Waals surface area contributed by atoms with Crippen LogP contribution in [0.1, 0.15) is 31.1 Å². The number of hydrogen-bond acceptors (Lipinski definition) is 4. The number of aromatic nitrogens is 4. The molecule has 4 aromatic rings. The highest BCUT2D eigenvalue weighted by atomic mass is 32.2. The van der Waals surface area contributed by atoms with Gasteiger partial charge in [-0.15, -0.1) is 10.2 Å².